The molecule has 1 aliphatic rings. The average Bonchev–Trinajstić information content (AvgIpc) is 2.49. The van der Waals surface area contributed by atoms with Crippen molar-refractivity contribution in [2.24, 2.45) is 11.7 Å². The van der Waals surface area contributed by atoms with Gasteiger partial charge in [-0.2, -0.15) is 0 Å². The van der Waals surface area contributed by atoms with Crippen molar-refractivity contribution in [1.29, 1.82) is 0 Å². The molecule has 23 heavy (non-hydrogen) atoms. The first kappa shape index (κ1) is 20.4. The second-order valence-electron chi connectivity index (χ2n) is 5.75. The van der Waals surface area contributed by atoms with E-state index in [2.05, 4.69) is 0 Å². The van der Waals surface area contributed by atoms with E-state index in [1.807, 2.05) is 11.8 Å². The highest BCUT2D eigenvalue weighted by Gasteiger charge is 2.24. The van der Waals surface area contributed by atoms with Crippen LogP contribution in [0.2, 0.25) is 10.0 Å². The molecule has 2 rings (SSSR count). The van der Waals surface area contributed by atoms with Gasteiger partial charge in [0.15, 0.2) is 0 Å². The molecule has 7 heteroatoms. The Morgan fingerprint density at radius 3 is 2.61 bits per heavy atom. The quantitative estimate of drug-likeness (QED) is 0.844. The van der Waals surface area contributed by atoms with E-state index in [1.54, 1.807) is 18.2 Å². The fourth-order valence-corrected chi connectivity index (χ4v) is 3.14. The summed E-state index contributed by atoms with van der Waals surface area (Å²) in [7, 11) is 0. The summed E-state index contributed by atoms with van der Waals surface area (Å²) < 4.78 is 5.55. The molecule has 0 aliphatic carbocycles. The number of halogens is 3. The van der Waals surface area contributed by atoms with Crippen molar-refractivity contribution in [3.63, 3.8) is 0 Å². The molecule has 0 spiro atoms. The third-order valence-electron chi connectivity index (χ3n) is 4.10. The molecule has 1 atom stereocenters. The average molecular weight is 382 g/mol. The van der Waals surface area contributed by atoms with E-state index in [-0.39, 0.29) is 24.4 Å². The number of amides is 1. The van der Waals surface area contributed by atoms with Gasteiger partial charge in [-0.1, -0.05) is 23.2 Å². The van der Waals surface area contributed by atoms with Gasteiger partial charge in [-0.25, -0.2) is 0 Å². The summed E-state index contributed by atoms with van der Waals surface area (Å²) in [6, 6.07) is 5.25. The molecule has 1 amide bonds. The normalized spacial score (nSPS) is 16.6. The fourth-order valence-electron chi connectivity index (χ4n) is 2.67. The van der Waals surface area contributed by atoms with Gasteiger partial charge < -0.3 is 15.4 Å². The van der Waals surface area contributed by atoms with E-state index in [0.717, 1.165) is 25.9 Å². The predicted molar refractivity (Wildman–Crippen MR) is 96.8 cm³/mol. The Labute approximate surface area is 153 Å². The summed E-state index contributed by atoms with van der Waals surface area (Å²) in [5.74, 6) is 1.19. The van der Waals surface area contributed by atoms with Crippen molar-refractivity contribution in [3.05, 3.63) is 28.2 Å². The molecule has 4 nitrogen and oxygen atoms in total. The lowest BCUT2D eigenvalue weighted by molar-refractivity contribution is -0.133. The van der Waals surface area contributed by atoms with Crippen LogP contribution < -0.4 is 10.5 Å². The molecular formula is C16H23Cl3N2O2. The number of piperidine rings is 1. The van der Waals surface area contributed by atoms with Crippen LogP contribution in [0.15, 0.2) is 18.2 Å². The molecule has 2 N–H and O–H groups in total. The minimum absolute atomic E-state index is 0. The Hall–Kier alpha value is -0.680. The van der Waals surface area contributed by atoms with Crippen LogP contribution in [0.4, 0.5) is 0 Å². The number of likely N-dealkylation sites (tertiary alicyclic amines) is 1. The highest BCUT2D eigenvalue weighted by Crippen LogP contribution is 2.27. The highest BCUT2D eigenvalue weighted by atomic mass is 35.5. The molecule has 1 aromatic carbocycles. The van der Waals surface area contributed by atoms with E-state index in [9.17, 15) is 4.79 Å². The number of carbonyl (C=O) groups excluding carboxylic acids is 1. The van der Waals surface area contributed by atoms with E-state index < -0.39 is 0 Å². The number of carbonyl (C=O) groups is 1. The molecule has 1 aliphatic heterocycles. The van der Waals surface area contributed by atoms with Crippen LogP contribution in [0.1, 0.15) is 26.2 Å². The van der Waals surface area contributed by atoms with Crippen LogP contribution in [-0.4, -0.2) is 36.5 Å². The van der Waals surface area contributed by atoms with E-state index >= 15 is 0 Å². The zero-order chi connectivity index (χ0) is 16.1. The van der Waals surface area contributed by atoms with Gasteiger partial charge in [0.1, 0.15) is 5.75 Å². The molecule has 0 aromatic heterocycles. The molecule has 1 unspecified atom stereocenters. The van der Waals surface area contributed by atoms with Crippen molar-refractivity contribution < 1.29 is 9.53 Å². The lowest BCUT2D eigenvalue weighted by Gasteiger charge is -2.33. The minimum Gasteiger partial charge on any atom is -0.491 e. The van der Waals surface area contributed by atoms with Crippen molar-refractivity contribution in [1.82, 2.24) is 4.90 Å². The second-order valence-corrected chi connectivity index (χ2v) is 6.59. The molecule has 0 saturated carbocycles. The maximum Gasteiger partial charge on any atom is 0.225 e. The maximum absolute atomic E-state index is 12.2. The van der Waals surface area contributed by atoms with Gasteiger partial charge in [-0.05, 0) is 43.9 Å². The summed E-state index contributed by atoms with van der Waals surface area (Å²) in [4.78, 5) is 14.1. The monoisotopic (exact) mass is 380 g/mol. The smallest absolute Gasteiger partial charge is 0.225 e. The molecule has 0 radical (unpaired) electrons. The third kappa shape index (κ3) is 6.03. The summed E-state index contributed by atoms with van der Waals surface area (Å²) in [5, 5.41) is 1.02. The van der Waals surface area contributed by atoms with Crippen LogP contribution in [0, 0.1) is 5.92 Å². The van der Waals surface area contributed by atoms with Gasteiger partial charge in [0, 0.05) is 24.2 Å². The van der Waals surface area contributed by atoms with Crippen LogP contribution in [0.5, 0.6) is 5.75 Å². The van der Waals surface area contributed by atoms with Gasteiger partial charge >= 0.3 is 0 Å². The minimum atomic E-state index is 0. The zero-order valence-electron chi connectivity index (χ0n) is 13.1. The maximum atomic E-state index is 12.2. The number of hydrogen-bond donors (Lipinski definition) is 1. The Kier molecular flexibility index (Phi) is 8.48. The molecule has 1 fully saturated rings. The number of ether oxygens (including phenoxy) is 1. The summed E-state index contributed by atoms with van der Waals surface area (Å²) in [6.07, 6.45) is 2.31. The van der Waals surface area contributed by atoms with Gasteiger partial charge in [0.2, 0.25) is 5.91 Å². The van der Waals surface area contributed by atoms with E-state index in [1.165, 1.54) is 0 Å². The number of nitrogens with two attached hydrogens (primary N) is 1. The summed E-state index contributed by atoms with van der Waals surface area (Å²) in [6.45, 7) is 3.92. The highest BCUT2D eigenvalue weighted by molar-refractivity contribution is 6.35. The second kappa shape index (κ2) is 9.58. The molecule has 1 aromatic rings. The summed E-state index contributed by atoms with van der Waals surface area (Å²) >= 11 is 11.8. The first-order valence-electron chi connectivity index (χ1n) is 7.58. The Balaban J connectivity index is 0.00000264. The number of rotatable bonds is 5. The largest absolute Gasteiger partial charge is 0.491 e. The standard InChI is InChI=1S/C16H22Cl2N2O2.ClH/c1-11(19)12-4-7-20(8-5-12)16(21)6-9-22-15-3-2-13(17)10-14(15)18;/h2-3,10-12H,4-9,19H2,1H3;1H. The van der Waals surface area contributed by atoms with Crippen molar-refractivity contribution in [2.75, 3.05) is 19.7 Å². The summed E-state index contributed by atoms with van der Waals surface area (Å²) in [5.41, 5.74) is 5.91. The van der Waals surface area contributed by atoms with E-state index in [4.69, 9.17) is 33.7 Å². The Bertz CT molecular complexity index is 518. The van der Waals surface area contributed by atoms with Gasteiger partial charge in [0.05, 0.1) is 18.1 Å². The number of benzene rings is 1. The van der Waals surface area contributed by atoms with Crippen LogP contribution in [-0.2, 0) is 4.79 Å². The van der Waals surface area contributed by atoms with Gasteiger partial charge in [-0.15, -0.1) is 12.4 Å². The number of nitrogens with zero attached hydrogens (tertiary/aromatic N) is 1. The molecule has 130 valence electrons. The lowest BCUT2D eigenvalue weighted by Crippen LogP contribution is -2.42. The van der Waals surface area contributed by atoms with Crippen LogP contribution in [0.25, 0.3) is 0 Å². The SMILES string of the molecule is CC(N)C1CCN(C(=O)CCOc2ccc(Cl)cc2Cl)CC1.Cl. The molecular weight excluding hydrogens is 359 g/mol. The van der Waals surface area contributed by atoms with Gasteiger partial charge in [0.25, 0.3) is 0 Å². The topological polar surface area (TPSA) is 55.6 Å². The van der Waals surface area contributed by atoms with Gasteiger partial charge in [-0.3, -0.25) is 4.79 Å². The van der Waals surface area contributed by atoms with Crippen molar-refractivity contribution in [3.8, 4) is 5.75 Å². The number of hydrogen-bond acceptors (Lipinski definition) is 3. The fraction of sp³-hybridized carbons (Fsp3) is 0.562. The first-order valence-corrected chi connectivity index (χ1v) is 8.34. The Morgan fingerprint density at radius 2 is 2.04 bits per heavy atom. The van der Waals surface area contributed by atoms with Crippen LogP contribution >= 0.6 is 35.6 Å². The zero-order valence-corrected chi connectivity index (χ0v) is 15.5. The predicted octanol–water partition coefficient (Wildman–Crippen LogP) is 3.77. The molecule has 1 heterocycles. The first-order chi connectivity index (χ1) is 10.5. The molecule has 1 saturated heterocycles. The Morgan fingerprint density at radius 1 is 1.39 bits per heavy atom. The lowest BCUT2D eigenvalue weighted by atomic mass is 9.91. The molecule has 0 bridgehead atoms. The van der Waals surface area contributed by atoms with Crippen molar-refractivity contribution in [2.45, 2.75) is 32.2 Å². The van der Waals surface area contributed by atoms with Crippen LogP contribution in [0.3, 0.4) is 0 Å². The third-order valence-corrected chi connectivity index (χ3v) is 4.63. The van der Waals surface area contributed by atoms with E-state index in [0.29, 0.717) is 34.7 Å². The van der Waals surface area contributed by atoms with Crippen molar-refractivity contribution >= 4 is 41.5 Å².